The van der Waals surface area contributed by atoms with Gasteiger partial charge in [-0.1, -0.05) is 18.7 Å². The molecule has 0 saturated carbocycles. The van der Waals surface area contributed by atoms with Crippen molar-refractivity contribution in [3.63, 3.8) is 0 Å². The molecule has 0 aliphatic rings. The number of nitrogens with one attached hydrogen (secondary N) is 1. The molecule has 0 radical (unpaired) electrons. The van der Waals surface area contributed by atoms with Crippen molar-refractivity contribution in [3.05, 3.63) is 65.3 Å². The first kappa shape index (κ1) is 19.9. The van der Waals surface area contributed by atoms with Crippen molar-refractivity contribution in [3.8, 4) is 21.6 Å². The third kappa shape index (κ3) is 3.38. The summed E-state index contributed by atoms with van der Waals surface area (Å²) in [5, 5.41) is 0. The molecule has 3 heterocycles. The van der Waals surface area contributed by atoms with Crippen molar-refractivity contribution in [2.24, 2.45) is 12.9 Å². The lowest BCUT2D eigenvalue weighted by Crippen LogP contribution is -2.09. The summed E-state index contributed by atoms with van der Waals surface area (Å²) in [6.07, 6.45) is 9.63. The maximum Gasteiger partial charge on any atom is 0.220 e. The number of nitrogens with two attached hydrogens (primary N) is 2. The Labute approximate surface area is 179 Å². The predicted molar refractivity (Wildman–Crippen MR) is 128 cm³/mol. The van der Waals surface area contributed by atoms with Crippen LogP contribution in [0.3, 0.4) is 0 Å². The predicted octanol–water partition coefficient (Wildman–Crippen LogP) is 5.05. The van der Waals surface area contributed by atoms with Crippen LogP contribution in [0.2, 0.25) is 0 Å². The maximum atomic E-state index is 5.90. The monoisotopic (exact) mass is 416 g/mol. The molecule has 0 spiro atoms. The molecule has 0 amide bonds. The van der Waals surface area contributed by atoms with Crippen LogP contribution < -0.4 is 17.0 Å². The van der Waals surface area contributed by atoms with Gasteiger partial charge in [0.25, 0.3) is 0 Å². The number of nitrogen functional groups attached to an aromatic ring is 2. The van der Waals surface area contributed by atoms with E-state index in [9.17, 15) is 0 Å². The zero-order valence-corrected chi connectivity index (χ0v) is 18.0. The van der Waals surface area contributed by atoms with E-state index in [-0.39, 0.29) is 5.95 Å². The van der Waals surface area contributed by atoms with Crippen LogP contribution in [0.4, 0.5) is 11.6 Å². The molecule has 3 aromatic heterocycles. The fourth-order valence-electron chi connectivity index (χ4n) is 3.66. The Morgan fingerprint density at radius 3 is 2.70 bits per heavy atom. The first-order chi connectivity index (χ1) is 14.4. The lowest BCUT2D eigenvalue weighted by Gasteiger charge is -2.13. The van der Waals surface area contributed by atoms with Gasteiger partial charge in [0.1, 0.15) is 5.52 Å². The fourth-order valence-corrected chi connectivity index (χ4v) is 4.77. The largest absolute Gasteiger partial charge is 0.368 e. The van der Waals surface area contributed by atoms with Crippen molar-refractivity contribution >= 4 is 40.1 Å². The van der Waals surface area contributed by atoms with Gasteiger partial charge in [-0.25, -0.2) is 9.97 Å². The molecule has 0 bridgehead atoms. The first-order valence-corrected chi connectivity index (χ1v) is 10.3. The minimum atomic E-state index is 0.264. The summed E-state index contributed by atoms with van der Waals surface area (Å²) in [6, 6.07) is 6.46. The van der Waals surface area contributed by atoms with E-state index in [1.165, 1.54) is 10.4 Å². The van der Waals surface area contributed by atoms with Gasteiger partial charge in [0.15, 0.2) is 0 Å². The third-order valence-electron chi connectivity index (χ3n) is 5.14. The highest BCUT2D eigenvalue weighted by Crippen LogP contribution is 2.41. The fraction of sp³-hybridized carbons (Fsp3) is 0.130. The van der Waals surface area contributed by atoms with E-state index in [0.29, 0.717) is 0 Å². The normalized spacial score (nSPS) is 11.5. The first-order valence-electron chi connectivity index (χ1n) is 9.52. The zero-order chi connectivity index (χ0) is 21.4. The van der Waals surface area contributed by atoms with Crippen LogP contribution in [0.5, 0.6) is 0 Å². The van der Waals surface area contributed by atoms with E-state index < -0.39 is 0 Å². The Morgan fingerprint density at radius 2 is 1.97 bits per heavy atom. The molecule has 152 valence electrons. The highest BCUT2D eigenvalue weighted by atomic mass is 32.1. The zero-order valence-electron chi connectivity index (χ0n) is 17.2. The number of hydrazine groups is 1. The van der Waals surface area contributed by atoms with Gasteiger partial charge in [-0.2, -0.15) is 0 Å². The minimum Gasteiger partial charge on any atom is -0.368 e. The van der Waals surface area contributed by atoms with Crippen molar-refractivity contribution in [2.75, 3.05) is 11.2 Å². The van der Waals surface area contributed by atoms with E-state index in [1.807, 2.05) is 17.7 Å². The molecule has 1 aromatic carbocycles. The standard InChI is InChI=1S/C23H24N6S/c1-5-6-7-19-13(2)9-20(30-19)16-10-15(8-14(3)21(16)28-25)17-12-29(4)18-11-26-23(24)27-22(17)18/h5-12,28H,1,25H2,2-4H3,(H2,24,26,27)/b7-6-. The van der Waals surface area contributed by atoms with Crippen LogP contribution in [-0.4, -0.2) is 14.5 Å². The van der Waals surface area contributed by atoms with Crippen LogP contribution >= 0.6 is 11.3 Å². The third-order valence-corrected chi connectivity index (χ3v) is 6.38. The minimum absolute atomic E-state index is 0.264. The van der Waals surface area contributed by atoms with Crippen LogP contribution in [0.1, 0.15) is 16.0 Å². The Bertz CT molecular complexity index is 1300. The molecular weight excluding hydrogens is 392 g/mol. The van der Waals surface area contributed by atoms with Crippen molar-refractivity contribution < 1.29 is 0 Å². The van der Waals surface area contributed by atoms with E-state index in [0.717, 1.165) is 43.9 Å². The molecule has 6 nitrogen and oxygen atoms in total. The number of allylic oxidation sites excluding steroid dienone is 2. The second-order valence-corrected chi connectivity index (χ2v) is 8.31. The summed E-state index contributed by atoms with van der Waals surface area (Å²) >= 11 is 1.72. The second-order valence-electron chi connectivity index (χ2n) is 7.23. The molecule has 0 unspecified atom stereocenters. The summed E-state index contributed by atoms with van der Waals surface area (Å²) in [6.45, 7) is 7.92. The molecule has 0 saturated heterocycles. The van der Waals surface area contributed by atoms with E-state index in [2.05, 4.69) is 66.3 Å². The smallest absolute Gasteiger partial charge is 0.220 e. The second kappa shape index (κ2) is 7.78. The lowest BCUT2D eigenvalue weighted by atomic mass is 9.98. The van der Waals surface area contributed by atoms with Gasteiger partial charge in [-0.3, -0.25) is 5.84 Å². The number of benzene rings is 1. The number of aromatic nitrogens is 3. The Balaban J connectivity index is 1.94. The Hall–Kier alpha value is -3.42. The topological polar surface area (TPSA) is 94.8 Å². The van der Waals surface area contributed by atoms with Crippen LogP contribution in [-0.2, 0) is 7.05 Å². The van der Waals surface area contributed by atoms with Gasteiger partial charge in [-0.05, 0) is 54.8 Å². The molecule has 0 aliphatic heterocycles. The number of nitrogens with zero attached hydrogens (tertiary/aromatic N) is 3. The summed E-state index contributed by atoms with van der Waals surface area (Å²) in [7, 11) is 1.98. The van der Waals surface area contributed by atoms with Gasteiger partial charge >= 0.3 is 0 Å². The van der Waals surface area contributed by atoms with Crippen molar-refractivity contribution in [1.29, 1.82) is 0 Å². The van der Waals surface area contributed by atoms with Crippen LogP contribution in [0, 0.1) is 13.8 Å². The SMILES string of the molecule is C=C/C=C\c1sc(-c2cc(-c3cn(C)c4cnc(N)nc34)cc(C)c2NN)cc1C. The van der Waals surface area contributed by atoms with Gasteiger partial charge < -0.3 is 15.7 Å². The number of rotatable bonds is 5. The highest BCUT2D eigenvalue weighted by Gasteiger charge is 2.17. The summed E-state index contributed by atoms with van der Waals surface area (Å²) in [4.78, 5) is 11.0. The number of hydrogen-bond acceptors (Lipinski definition) is 6. The number of anilines is 2. The van der Waals surface area contributed by atoms with Crippen LogP contribution in [0.25, 0.3) is 38.7 Å². The number of thiophene rings is 1. The van der Waals surface area contributed by atoms with Crippen molar-refractivity contribution in [1.82, 2.24) is 14.5 Å². The molecule has 4 rings (SSSR count). The quantitative estimate of drug-likeness (QED) is 0.240. The molecule has 0 atom stereocenters. The van der Waals surface area contributed by atoms with E-state index >= 15 is 0 Å². The van der Waals surface area contributed by atoms with Gasteiger partial charge in [-0.15, -0.1) is 11.3 Å². The van der Waals surface area contributed by atoms with Gasteiger partial charge in [0, 0.05) is 34.1 Å². The molecular formula is C23H24N6S. The molecule has 4 aromatic rings. The lowest BCUT2D eigenvalue weighted by molar-refractivity contribution is 0.964. The van der Waals surface area contributed by atoms with Gasteiger partial charge in [0.2, 0.25) is 5.95 Å². The molecule has 5 N–H and O–H groups in total. The van der Waals surface area contributed by atoms with Gasteiger partial charge in [0.05, 0.1) is 17.4 Å². The number of fused-ring (bicyclic) bond motifs is 1. The maximum absolute atomic E-state index is 5.90. The van der Waals surface area contributed by atoms with E-state index in [1.54, 1.807) is 23.6 Å². The number of aryl methyl sites for hydroxylation is 3. The summed E-state index contributed by atoms with van der Waals surface area (Å²) < 4.78 is 2.02. The summed E-state index contributed by atoms with van der Waals surface area (Å²) in [5.41, 5.74) is 16.8. The average molecular weight is 417 g/mol. The number of hydrogen-bond donors (Lipinski definition) is 3. The molecule has 0 aliphatic carbocycles. The van der Waals surface area contributed by atoms with Crippen LogP contribution in [0.15, 0.2) is 49.3 Å². The Kier molecular flexibility index (Phi) is 5.15. The average Bonchev–Trinajstić information content (AvgIpc) is 3.25. The summed E-state index contributed by atoms with van der Waals surface area (Å²) in [5.74, 6) is 6.17. The van der Waals surface area contributed by atoms with Crippen molar-refractivity contribution in [2.45, 2.75) is 13.8 Å². The molecule has 7 heteroatoms. The molecule has 0 fully saturated rings. The Morgan fingerprint density at radius 1 is 1.17 bits per heavy atom. The molecule has 30 heavy (non-hydrogen) atoms. The highest BCUT2D eigenvalue weighted by molar-refractivity contribution is 7.16. The van der Waals surface area contributed by atoms with E-state index in [4.69, 9.17) is 11.6 Å².